The molecule has 0 unspecified atom stereocenters. The van der Waals surface area contributed by atoms with Crippen molar-refractivity contribution in [2.75, 3.05) is 0 Å². The van der Waals surface area contributed by atoms with Crippen LogP contribution in [0, 0.1) is 13.8 Å². The zero-order valence-electron chi connectivity index (χ0n) is 26.0. The molecule has 0 fully saturated rings. The summed E-state index contributed by atoms with van der Waals surface area (Å²) < 4.78 is 0. The first-order chi connectivity index (χ1) is 19.2. The highest BCUT2D eigenvalue weighted by Crippen LogP contribution is 2.45. The van der Waals surface area contributed by atoms with E-state index in [9.17, 15) is 0 Å². The number of hydrogen-bond acceptors (Lipinski definition) is 0. The second kappa shape index (κ2) is 13.1. The number of hydrogen-bond donors (Lipinski definition) is 0. The molecule has 4 aromatic carbocycles. The topological polar surface area (TPSA) is 0 Å². The Morgan fingerprint density at radius 1 is 0.525 bits per heavy atom. The molecule has 40 heavy (non-hydrogen) atoms. The van der Waals surface area contributed by atoms with Gasteiger partial charge in [-0.15, -0.1) is 0 Å². The first-order valence-corrected chi connectivity index (χ1v) is 15.4. The first kappa shape index (κ1) is 29.9. The largest absolute Gasteiger partial charge is 0.131 e. The van der Waals surface area contributed by atoms with Crippen molar-refractivity contribution >= 4 is 7.28 Å². The van der Waals surface area contributed by atoms with Crippen LogP contribution in [0.2, 0.25) is 5.31 Å². The van der Waals surface area contributed by atoms with Crippen LogP contribution in [0.1, 0.15) is 89.8 Å². The van der Waals surface area contributed by atoms with Gasteiger partial charge in [0.25, 0.3) is 0 Å². The number of unbranched alkanes of at least 4 members (excludes halogenated alkanes) is 2. The van der Waals surface area contributed by atoms with Gasteiger partial charge >= 0.3 is 0 Å². The molecule has 0 nitrogen and oxygen atoms in total. The standard InChI is InChI=1S/C39H48B/c1-8-10-22-39(23-11-9-2,40-38(5,6)7)37-29(3)24-33(25-30(37)4)36-27-34(31-18-14-12-15-19-31)26-35(28-36)32-20-16-13-17-21-32/h12-21,24-28H,8-11,22-23H2,1-7H3. The molecule has 4 aromatic rings. The summed E-state index contributed by atoms with van der Waals surface area (Å²) in [6.07, 6.45) is 7.44. The molecule has 0 saturated carbocycles. The van der Waals surface area contributed by atoms with Crippen LogP contribution in [0.15, 0.2) is 91.0 Å². The van der Waals surface area contributed by atoms with Gasteiger partial charge in [0, 0.05) is 0 Å². The van der Waals surface area contributed by atoms with E-state index in [2.05, 4.69) is 147 Å². The van der Waals surface area contributed by atoms with Crippen LogP contribution in [0.25, 0.3) is 33.4 Å². The van der Waals surface area contributed by atoms with E-state index >= 15 is 0 Å². The van der Waals surface area contributed by atoms with Crippen molar-refractivity contribution in [1.82, 2.24) is 0 Å². The normalized spacial score (nSPS) is 12.0. The Labute approximate surface area is 245 Å². The maximum absolute atomic E-state index is 2.70. The van der Waals surface area contributed by atoms with Gasteiger partial charge in [0.2, 0.25) is 0 Å². The van der Waals surface area contributed by atoms with Gasteiger partial charge in [-0.05, 0) is 87.4 Å². The van der Waals surface area contributed by atoms with Crippen molar-refractivity contribution in [3.63, 3.8) is 0 Å². The number of rotatable bonds is 11. The second-order valence-corrected chi connectivity index (χ2v) is 12.9. The van der Waals surface area contributed by atoms with Gasteiger partial charge in [0.15, 0.2) is 0 Å². The van der Waals surface area contributed by atoms with Crippen molar-refractivity contribution in [2.45, 2.75) is 97.6 Å². The van der Waals surface area contributed by atoms with Gasteiger partial charge in [0.05, 0.1) is 0 Å². The third-order valence-electron chi connectivity index (χ3n) is 8.17. The Balaban J connectivity index is 1.88. The SMILES string of the molecule is CCCCC([B]C(C)(C)C)(CCCC)c1c(C)cc(-c2cc(-c3ccccc3)cc(-c3ccccc3)c2)cc1C. The monoisotopic (exact) mass is 527 g/mol. The van der Waals surface area contributed by atoms with Gasteiger partial charge in [0.1, 0.15) is 7.28 Å². The molecule has 1 radical (unpaired) electrons. The third kappa shape index (κ3) is 7.17. The highest BCUT2D eigenvalue weighted by atomic mass is 14.3. The van der Waals surface area contributed by atoms with E-state index in [4.69, 9.17) is 0 Å². The molecule has 0 aliphatic carbocycles. The van der Waals surface area contributed by atoms with Crippen molar-refractivity contribution < 1.29 is 0 Å². The van der Waals surface area contributed by atoms with Crippen LogP contribution in [0.4, 0.5) is 0 Å². The van der Waals surface area contributed by atoms with Gasteiger partial charge in [-0.1, -0.05) is 151 Å². The molecule has 0 aromatic heterocycles. The van der Waals surface area contributed by atoms with E-state index in [1.165, 1.54) is 83.0 Å². The maximum Gasteiger partial charge on any atom is 0.131 e. The lowest BCUT2D eigenvalue weighted by Gasteiger charge is -2.41. The summed E-state index contributed by atoms with van der Waals surface area (Å²) in [6, 6.07) is 33.6. The molecular weight excluding hydrogens is 479 g/mol. The lowest BCUT2D eigenvalue weighted by molar-refractivity contribution is 0.448. The molecule has 0 aliphatic heterocycles. The van der Waals surface area contributed by atoms with E-state index < -0.39 is 0 Å². The molecule has 0 saturated heterocycles. The van der Waals surface area contributed by atoms with Gasteiger partial charge in [-0.3, -0.25) is 0 Å². The Bertz CT molecular complexity index is 1290. The van der Waals surface area contributed by atoms with Crippen LogP contribution in [0.3, 0.4) is 0 Å². The highest BCUT2D eigenvalue weighted by Gasteiger charge is 2.38. The highest BCUT2D eigenvalue weighted by molar-refractivity contribution is 6.44. The molecule has 0 aliphatic rings. The molecule has 0 amide bonds. The smallest absolute Gasteiger partial charge is 0.0674 e. The fourth-order valence-corrected chi connectivity index (χ4v) is 6.71. The molecule has 1 heteroatoms. The van der Waals surface area contributed by atoms with Crippen molar-refractivity contribution in [3.05, 3.63) is 108 Å². The molecular formula is C39H48B. The lowest BCUT2D eigenvalue weighted by atomic mass is 9.36. The predicted molar refractivity (Wildman–Crippen MR) is 178 cm³/mol. The summed E-state index contributed by atoms with van der Waals surface area (Å²) >= 11 is 0. The first-order valence-electron chi connectivity index (χ1n) is 15.4. The van der Waals surface area contributed by atoms with E-state index in [1.54, 1.807) is 5.56 Å². The van der Waals surface area contributed by atoms with E-state index in [1.807, 2.05) is 0 Å². The predicted octanol–water partition coefficient (Wildman–Crippen LogP) is 11.8. The number of aryl methyl sites for hydroxylation is 2. The minimum Gasteiger partial charge on any atom is -0.0674 e. The summed E-state index contributed by atoms with van der Waals surface area (Å²) in [7, 11) is 2.70. The quantitative estimate of drug-likeness (QED) is 0.170. The van der Waals surface area contributed by atoms with Gasteiger partial charge in [-0.2, -0.15) is 0 Å². The van der Waals surface area contributed by atoms with Crippen molar-refractivity contribution in [1.29, 1.82) is 0 Å². The minimum atomic E-state index is 0.109. The summed E-state index contributed by atoms with van der Waals surface area (Å²) in [5, 5.41) is 0.270. The minimum absolute atomic E-state index is 0.109. The van der Waals surface area contributed by atoms with Crippen LogP contribution in [-0.4, -0.2) is 7.28 Å². The van der Waals surface area contributed by atoms with Crippen LogP contribution >= 0.6 is 0 Å². The van der Waals surface area contributed by atoms with Crippen molar-refractivity contribution in [2.24, 2.45) is 0 Å². The van der Waals surface area contributed by atoms with Crippen LogP contribution < -0.4 is 0 Å². The van der Waals surface area contributed by atoms with Gasteiger partial charge in [-0.25, -0.2) is 0 Å². The second-order valence-electron chi connectivity index (χ2n) is 12.9. The van der Waals surface area contributed by atoms with E-state index in [0.717, 1.165) is 0 Å². The average molecular weight is 528 g/mol. The molecule has 0 bridgehead atoms. The fourth-order valence-electron chi connectivity index (χ4n) is 6.71. The summed E-state index contributed by atoms with van der Waals surface area (Å²) in [5.74, 6) is 0. The molecule has 0 heterocycles. The van der Waals surface area contributed by atoms with Gasteiger partial charge < -0.3 is 0 Å². The van der Waals surface area contributed by atoms with Crippen LogP contribution in [-0.2, 0) is 5.31 Å². The maximum atomic E-state index is 2.70. The van der Waals surface area contributed by atoms with E-state index in [-0.39, 0.29) is 10.6 Å². The Hall–Kier alpha value is -3.06. The number of benzene rings is 4. The van der Waals surface area contributed by atoms with E-state index in [0.29, 0.717) is 0 Å². The molecule has 4 rings (SSSR count). The Morgan fingerprint density at radius 2 is 0.900 bits per heavy atom. The zero-order chi connectivity index (χ0) is 28.8. The summed E-state index contributed by atoms with van der Waals surface area (Å²) in [6.45, 7) is 16.5. The lowest BCUT2D eigenvalue weighted by Crippen LogP contribution is -2.39. The fraction of sp³-hybridized carbons (Fsp3) is 0.385. The summed E-state index contributed by atoms with van der Waals surface area (Å²) in [5.41, 5.74) is 12.0. The molecule has 0 atom stereocenters. The summed E-state index contributed by atoms with van der Waals surface area (Å²) in [4.78, 5) is 0. The molecule has 0 spiro atoms. The Kier molecular flexibility index (Phi) is 9.78. The molecule has 207 valence electrons. The average Bonchev–Trinajstić information content (AvgIpc) is 2.94. The zero-order valence-corrected chi connectivity index (χ0v) is 26.0. The molecule has 0 N–H and O–H groups in total. The third-order valence-corrected chi connectivity index (χ3v) is 8.17. The Morgan fingerprint density at radius 3 is 1.27 bits per heavy atom. The van der Waals surface area contributed by atoms with Crippen molar-refractivity contribution in [3.8, 4) is 33.4 Å². The van der Waals surface area contributed by atoms with Crippen LogP contribution in [0.5, 0.6) is 0 Å².